The molecule has 1 aromatic rings. The van der Waals surface area contributed by atoms with Crippen LogP contribution >= 0.6 is 0 Å². The van der Waals surface area contributed by atoms with Crippen LogP contribution in [0.4, 0.5) is 0 Å². The second kappa shape index (κ2) is 6.15. The summed E-state index contributed by atoms with van der Waals surface area (Å²) in [6.07, 6.45) is 0.670. The van der Waals surface area contributed by atoms with Crippen molar-refractivity contribution in [2.75, 3.05) is 26.2 Å². The van der Waals surface area contributed by atoms with Crippen molar-refractivity contribution in [1.82, 2.24) is 9.21 Å². The lowest BCUT2D eigenvalue weighted by molar-refractivity contribution is -0.128. The predicted octanol–water partition coefficient (Wildman–Crippen LogP) is 1.55. The van der Waals surface area contributed by atoms with E-state index in [2.05, 4.69) is 0 Å². The van der Waals surface area contributed by atoms with Gasteiger partial charge in [0.15, 0.2) is 0 Å². The van der Waals surface area contributed by atoms with Crippen LogP contribution in [-0.4, -0.2) is 49.7 Å². The molecule has 1 aliphatic rings. The van der Waals surface area contributed by atoms with Crippen molar-refractivity contribution in [2.45, 2.75) is 32.1 Å². The van der Waals surface area contributed by atoms with Crippen LogP contribution in [0.2, 0.25) is 0 Å². The first-order chi connectivity index (χ1) is 9.82. The Kier molecular flexibility index (Phi) is 4.68. The second-order valence-electron chi connectivity index (χ2n) is 5.51. The molecule has 0 saturated carbocycles. The fraction of sp³-hybridized carbons (Fsp3) is 0.533. The van der Waals surface area contributed by atoms with E-state index in [1.165, 1.54) is 11.2 Å². The van der Waals surface area contributed by atoms with E-state index < -0.39 is 10.0 Å². The molecule has 2 rings (SSSR count). The normalized spacial score (nSPS) is 17.6. The van der Waals surface area contributed by atoms with Crippen molar-refractivity contribution < 1.29 is 13.2 Å². The minimum absolute atomic E-state index is 0.000397. The third-order valence-corrected chi connectivity index (χ3v) is 5.91. The molecule has 0 atom stereocenters. The molecule has 1 aromatic carbocycles. The van der Waals surface area contributed by atoms with E-state index in [1.807, 2.05) is 19.9 Å². The average molecular weight is 310 g/mol. The lowest BCUT2D eigenvalue weighted by atomic mass is 10.1. The van der Waals surface area contributed by atoms with Gasteiger partial charge in [0.1, 0.15) is 0 Å². The van der Waals surface area contributed by atoms with E-state index in [4.69, 9.17) is 0 Å². The first-order valence-corrected chi connectivity index (χ1v) is 8.59. The Morgan fingerprint density at radius 3 is 2.38 bits per heavy atom. The summed E-state index contributed by atoms with van der Waals surface area (Å²) < 4.78 is 26.9. The van der Waals surface area contributed by atoms with Gasteiger partial charge in [0, 0.05) is 33.1 Å². The number of nitrogens with zero attached hydrogens (tertiary/aromatic N) is 2. The zero-order valence-electron chi connectivity index (χ0n) is 12.8. The van der Waals surface area contributed by atoms with Crippen molar-refractivity contribution in [1.29, 1.82) is 0 Å². The Morgan fingerprint density at radius 1 is 1.05 bits per heavy atom. The number of carbonyl (C=O) groups excluding carboxylic acids is 1. The number of rotatable bonds is 2. The van der Waals surface area contributed by atoms with Crippen molar-refractivity contribution in [2.24, 2.45) is 0 Å². The van der Waals surface area contributed by atoms with Crippen molar-refractivity contribution >= 4 is 15.9 Å². The molecule has 1 aliphatic heterocycles. The van der Waals surface area contributed by atoms with Gasteiger partial charge in [-0.3, -0.25) is 4.79 Å². The fourth-order valence-corrected chi connectivity index (χ4v) is 4.03. The number of sulfonamides is 1. The van der Waals surface area contributed by atoms with Crippen LogP contribution < -0.4 is 0 Å². The molecule has 0 N–H and O–H groups in total. The van der Waals surface area contributed by atoms with E-state index in [0.29, 0.717) is 37.5 Å². The van der Waals surface area contributed by atoms with Crippen LogP contribution in [0.25, 0.3) is 0 Å². The van der Waals surface area contributed by atoms with Crippen LogP contribution in [0, 0.1) is 13.8 Å². The Bertz CT molecular complexity index is 640. The lowest BCUT2D eigenvalue weighted by Crippen LogP contribution is -2.36. The molecule has 116 valence electrons. The summed E-state index contributed by atoms with van der Waals surface area (Å²) in [6.45, 7) is 7.28. The maximum atomic E-state index is 12.7. The number of aryl methyl sites for hydroxylation is 2. The topological polar surface area (TPSA) is 57.7 Å². The SMILES string of the molecule is CC(=O)N1CCCN(S(=O)(=O)c2ccc(C)c(C)c2)CC1. The molecule has 0 unspecified atom stereocenters. The van der Waals surface area contributed by atoms with Crippen molar-refractivity contribution in [3.63, 3.8) is 0 Å². The van der Waals surface area contributed by atoms with Gasteiger partial charge in [0.25, 0.3) is 0 Å². The molecule has 0 bridgehead atoms. The van der Waals surface area contributed by atoms with Gasteiger partial charge < -0.3 is 4.90 Å². The molecule has 0 spiro atoms. The third-order valence-electron chi connectivity index (χ3n) is 4.02. The molecule has 6 heteroatoms. The summed E-state index contributed by atoms with van der Waals surface area (Å²) in [5.41, 5.74) is 2.05. The van der Waals surface area contributed by atoms with Gasteiger partial charge in [0.05, 0.1) is 4.90 Å². The summed E-state index contributed by atoms with van der Waals surface area (Å²) in [6, 6.07) is 5.21. The van der Waals surface area contributed by atoms with Crippen LogP contribution in [0.15, 0.2) is 23.1 Å². The molecule has 21 heavy (non-hydrogen) atoms. The minimum Gasteiger partial charge on any atom is -0.342 e. The second-order valence-corrected chi connectivity index (χ2v) is 7.45. The molecule has 0 radical (unpaired) electrons. The van der Waals surface area contributed by atoms with E-state index >= 15 is 0 Å². The van der Waals surface area contributed by atoms with Gasteiger partial charge in [-0.2, -0.15) is 4.31 Å². The smallest absolute Gasteiger partial charge is 0.243 e. The molecule has 0 aromatic heterocycles. The molecule has 5 nitrogen and oxygen atoms in total. The average Bonchev–Trinajstić information content (AvgIpc) is 2.68. The third kappa shape index (κ3) is 3.44. The predicted molar refractivity (Wildman–Crippen MR) is 81.5 cm³/mol. The number of benzene rings is 1. The summed E-state index contributed by atoms with van der Waals surface area (Å²) in [7, 11) is -3.48. The fourth-order valence-electron chi connectivity index (χ4n) is 2.47. The zero-order chi connectivity index (χ0) is 15.6. The zero-order valence-corrected chi connectivity index (χ0v) is 13.6. The van der Waals surface area contributed by atoms with Crippen LogP contribution in [0.1, 0.15) is 24.5 Å². The van der Waals surface area contributed by atoms with Gasteiger partial charge in [-0.05, 0) is 43.5 Å². The summed E-state index contributed by atoms with van der Waals surface area (Å²) in [4.78, 5) is 13.5. The summed E-state index contributed by atoms with van der Waals surface area (Å²) in [5.74, 6) is 0.000397. The molecule has 1 fully saturated rings. The maximum Gasteiger partial charge on any atom is 0.243 e. The van der Waals surface area contributed by atoms with E-state index in [-0.39, 0.29) is 5.91 Å². The van der Waals surface area contributed by atoms with Gasteiger partial charge >= 0.3 is 0 Å². The number of amides is 1. The first-order valence-electron chi connectivity index (χ1n) is 7.15. The monoisotopic (exact) mass is 310 g/mol. The highest BCUT2D eigenvalue weighted by Gasteiger charge is 2.27. The van der Waals surface area contributed by atoms with Gasteiger partial charge in [0.2, 0.25) is 15.9 Å². The maximum absolute atomic E-state index is 12.7. The largest absolute Gasteiger partial charge is 0.342 e. The highest BCUT2D eigenvalue weighted by molar-refractivity contribution is 7.89. The Labute approximate surface area is 126 Å². The molecule has 0 aliphatic carbocycles. The number of hydrogen-bond acceptors (Lipinski definition) is 3. The highest BCUT2D eigenvalue weighted by Crippen LogP contribution is 2.20. The van der Waals surface area contributed by atoms with Crippen LogP contribution in [0.3, 0.4) is 0 Å². The van der Waals surface area contributed by atoms with E-state index in [0.717, 1.165) is 11.1 Å². The van der Waals surface area contributed by atoms with Gasteiger partial charge in [-0.1, -0.05) is 6.07 Å². The first kappa shape index (κ1) is 16.0. The Morgan fingerprint density at radius 2 is 1.76 bits per heavy atom. The lowest BCUT2D eigenvalue weighted by Gasteiger charge is -2.21. The van der Waals surface area contributed by atoms with Crippen LogP contribution in [0.5, 0.6) is 0 Å². The quantitative estimate of drug-likeness (QED) is 0.833. The molecule has 1 saturated heterocycles. The summed E-state index contributed by atoms with van der Waals surface area (Å²) in [5, 5.41) is 0. The Balaban J connectivity index is 2.23. The molecule has 1 heterocycles. The number of carbonyl (C=O) groups is 1. The number of hydrogen-bond donors (Lipinski definition) is 0. The summed E-state index contributed by atoms with van der Waals surface area (Å²) >= 11 is 0. The van der Waals surface area contributed by atoms with Crippen molar-refractivity contribution in [3.8, 4) is 0 Å². The Hall–Kier alpha value is -1.40. The van der Waals surface area contributed by atoms with Crippen molar-refractivity contribution in [3.05, 3.63) is 29.3 Å². The molecular weight excluding hydrogens is 288 g/mol. The van der Waals surface area contributed by atoms with E-state index in [9.17, 15) is 13.2 Å². The standard InChI is InChI=1S/C15H22N2O3S/c1-12-5-6-15(11-13(12)2)21(19,20)17-8-4-7-16(9-10-17)14(3)18/h5-6,11H,4,7-10H2,1-3H3. The minimum atomic E-state index is -3.48. The van der Waals surface area contributed by atoms with Crippen LogP contribution in [-0.2, 0) is 14.8 Å². The van der Waals surface area contributed by atoms with Gasteiger partial charge in [-0.25, -0.2) is 8.42 Å². The van der Waals surface area contributed by atoms with E-state index in [1.54, 1.807) is 17.0 Å². The molecular formula is C15H22N2O3S. The molecule has 1 amide bonds. The van der Waals surface area contributed by atoms with Gasteiger partial charge in [-0.15, -0.1) is 0 Å². The highest BCUT2D eigenvalue weighted by atomic mass is 32.2.